The lowest BCUT2D eigenvalue weighted by Crippen LogP contribution is -2.07. The minimum Gasteiger partial charge on any atom is -0.423 e. The standard InChI is InChI=1S/C33H28O6/c1-6-31(34)39-30-21-26(8-7-24-11-17-28(18-12-24)37-32(35)22(2)3)10-16-27(30)15-9-25-13-19-29(20-14-25)38-33(36)23(4)5/h6-21H,1-2,4H2,3,5H3/b8-7+,15-9+. The Morgan fingerprint density at radius 2 is 1.05 bits per heavy atom. The largest absolute Gasteiger partial charge is 0.423 e. The molecule has 0 bridgehead atoms. The van der Waals surface area contributed by atoms with Crippen molar-refractivity contribution in [2.24, 2.45) is 0 Å². The molecule has 0 saturated carbocycles. The molecule has 0 atom stereocenters. The van der Waals surface area contributed by atoms with Crippen molar-refractivity contribution in [3.8, 4) is 17.2 Å². The summed E-state index contributed by atoms with van der Waals surface area (Å²) < 4.78 is 15.9. The summed E-state index contributed by atoms with van der Waals surface area (Å²) in [6, 6.07) is 19.5. The number of hydrogen-bond acceptors (Lipinski definition) is 6. The SMILES string of the molecule is C=CC(=O)Oc1cc(/C=C/c2ccc(OC(=O)C(=C)C)cc2)ccc1/C=C/c1ccc(OC(=O)C(=C)C)cc1. The van der Waals surface area contributed by atoms with E-state index < -0.39 is 17.9 Å². The highest BCUT2D eigenvalue weighted by molar-refractivity contribution is 5.89. The molecule has 0 radical (unpaired) electrons. The zero-order valence-electron chi connectivity index (χ0n) is 21.8. The number of esters is 3. The fraction of sp³-hybridized carbons (Fsp3) is 0.0606. The lowest BCUT2D eigenvalue weighted by Gasteiger charge is -2.08. The van der Waals surface area contributed by atoms with E-state index in [1.165, 1.54) is 0 Å². The van der Waals surface area contributed by atoms with Gasteiger partial charge in [-0.25, -0.2) is 14.4 Å². The number of hydrogen-bond donors (Lipinski definition) is 0. The summed E-state index contributed by atoms with van der Waals surface area (Å²) in [4.78, 5) is 35.3. The molecule has 0 unspecified atom stereocenters. The molecule has 0 spiro atoms. The molecular formula is C33H28O6. The fourth-order valence-corrected chi connectivity index (χ4v) is 3.09. The highest BCUT2D eigenvalue weighted by atomic mass is 16.5. The summed E-state index contributed by atoms with van der Waals surface area (Å²) in [6.07, 6.45) is 8.53. The number of rotatable bonds is 10. The van der Waals surface area contributed by atoms with Gasteiger partial charge in [0.25, 0.3) is 0 Å². The molecule has 3 aromatic rings. The maximum Gasteiger partial charge on any atom is 0.338 e. The second-order valence-corrected chi connectivity index (χ2v) is 8.57. The first kappa shape index (κ1) is 28.3. The first-order valence-electron chi connectivity index (χ1n) is 11.9. The predicted molar refractivity (Wildman–Crippen MR) is 154 cm³/mol. The molecule has 196 valence electrons. The van der Waals surface area contributed by atoms with E-state index in [2.05, 4.69) is 19.7 Å². The molecule has 0 aliphatic heterocycles. The number of carbonyl (C=O) groups excluding carboxylic acids is 3. The van der Waals surface area contributed by atoms with E-state index in [0.29, 0.717) is 34.0 Å². The van der Waals surface area contributed by atoms with Gasteiger partial charge in [0.2, 0.25) is 0 Å². The zero-order chi connectivity index (χ0) is 28.4. The van der Waals surface area contributed by atoms with Crippen molar-refractivity contribution in [1.82, 2.24) is 0 Å². The van der Waals surface area contributed by atoms with Gasteiger partial charge in [0.15, 0.2) is 0 Å². The summed E-state index contributed by atoms with van der Waals surface area (Å²) >= 11 is 0. The maximum atomic E-state index is 12.0. The summed E-state index contributed by atoms with van der Waals surface area (Å²) in [5, 5.41) is 0. The van der Waals surface area contributed by atoms with Crippen LogP contribution in [0.4, 0.5) is 0 Å². The van der Waals surface area contributed by atoms with E-state index in [1.807, 2.05) is 48.6 Å². The Bertz CT molecular complexity index is 1470. The van der Waals surface area contributed by atoms with E-state index in [9.17, 15) is 14.4 Å². The molecule has 3 aromatic carbocycles. The Morgan fingerprint density at radius 3 is 1.51 bits per heavy atom. The van der Waals surface area contributed by atoms with Crippen molar-refractivity contribution in [3.05, 3.63) is 126 Å². The Morgan fingerprint density at radius 1 is 0.615 bits per heavy atom. The van der Waals surface area contributed by atoms with E-state index in [1.54, 1.807) is 56.3 Å². The predicted octanol–water partition coefficient (Wildman–Crippen LogP) is 7.08. The first-order valence-corrected chi connectivity index (χ1v) is 11.9. The maximum absolute atomic E-state index is 12.0. The Labute approximate surface area is 227 Å². The van der Waals surface area contributed by atoms with Gasteiger partial charge in [-0.15, -0.1) is 0 Å². The van der Waals surface area contributed by atoms with Crippen LogP contribution < -0.4 is 14.2 Å². The van der Waals surface area contributed by atoms with Gasteiger partial charge in [0.05, 0.1) is 0 Å². The number of benzene rings is 3. The van der Waals surface area contributed by atoms with Gasteiger partial charge in [0, 0.05) is 22.8 Å². The molecule has 0 aliphatic carbocycles. The normalized spacial score (nSPS) is 10.7. The van der Waals surface area contributed by atoms with Crippen molar-refractivity contribution in [3.63, 3.8) is 0 Å². The quantitative estimate of drug-likeness (QED) is 0.123. The van der Waals surface area contributed by atoms with Crippen LogP contribution in [0.5, 0.6) is 17.2 Å². The van der Waals surface area contributed by atoms with Crippen molar-refractivity contribution >= 4 is 42.2 Å². The van der Waals surface area contributed by atoms with Crippen molar-refractivity contribution in [1.29, 1.82) is 0 Å². The van der Waals surface area contributed by atoms with Crippen LogP contribution in [0.3, 0.4) is 0 Å². The molecule has 39 heavy (non-hydrogen) atoms. The van der Waals surface area contributed by atoms with Crippen LogP contribution in [0.25, 0.3) is 24.3 Å². The number of ether oxygens (including phenoxy) is 3. The van der Waals surface area contributed by atoms with Crippen molar-refractivity contribution in [2.45, 2.75) is 13.8 Å². The Hall–Kier alpha value is -5.23. The van der Waals surface area contributed by atoms with Gasteiger partial charge in [-0.3, -0.25) is 0 Å². The van der Waals surface area contributed by atoms with Gasteiger partial charge in [-0.2, -0.15) is 0 Å². The Kier molecular flexibility index (Phi) is 9.70. The van der Waals surface area contributed by atoms with Crippen LogP contribution in [-0.4, -0.2) is 17.9 Å². The highest BCUT2D eigenvalue weighted by Crippen LogP contribution is 2.25. The summed E-state index contributed by atoms with van der Waals surface area (Å²) in [5.41, 5.74) is 3.87. The second kappa shape index (κ2) is 13.4. The molecule has 3 rings (SSSR count). The summed E-state index contributed by atoms with van der Waals surface area (Å²) in [5.74, 6) is -0.323. The lowest BCUT2D eigenvalue weighted by molar-refractivity contribution is -0.130. The molecular weight excluding hydrogens is 492 g/mol. The molecule has 0 heterocycles. The third-order valence-electron chi connectivity index (χ3n) is 5.22. The van der Waals surface area contributed by atoms with Crippen LogP contribution in [0.15, 0.2) is 104 Å². The Balaban J connectivity index is 1.76. The van der Waals surface area contributed by atoms with E-state index in [0.717, 1.165) is 22.8 Å². The van der Waals surface area contributed by atoms with Crippen molar-refractivity contribution < 1.29 is 28.6 Å². The van der Waals surface area contributed by atoms with Crippen LogP contribution in [0.1, 0.15) is 36.1 Å². The highest BCUT2D eigenvalue weighted by Gasteiger charge is 2.08. The first-order chi connectivity index (χ1) is 18.6. The molecule has 0 aliphatic rings. The minimum absolute atomic E-state index is 0.318. The third kappa shape index (κ3) is 8.68. The smallest absolute Gasteiger partial charge is 0.338 e. The molecule has 0 fully saturated rings. The second-order valence-electron chi connectivity index (χ2n) is 8.57. The monoisotopic (exact) mass is 520 g/mol. The van der Waals surface area contributed by atoms with Crippen LogP contribution in [0, 0.1) is 0 Å². The average molecular weight is 521 g/mol. The zero-order valence-corrected chi connectivity index (χ0v) is 21.8. The third-order valence-corrected chi connectivity index (χ3v) is 5.22. The topological polar surface area (TPSA) is 78.9 Å². The molecule has 6 nitrogen and oxygen atoms in total. The fourth-order valence-electron chi connectivity index (χ4n) is 3.09. The van der Waals surface area contributed by atoms with Gasteiger partial charge >= 0.3 is 17.9 Å². The molecule has 6 heteroatoms. The van der Waals surface area contributed by atoms with Gasteiger partial charge in [0.1, 0.15) is 17.2 Å². The van der Waals surface area contributed by atoms with Crippen LogP contribution in [-0.2, 0) is 14.4 Å². The average Bonchev–Trinajstić information content (AvgIpc) is 2.92. The van der Waals surface area contributed by atoms with Crippen LogP contribution in [0.2, 0.25) is 0 Å². The number of carbonyl (C=O) groups is 3. The van der Waals surface area contributed by atoms with Gasteiger partial charge in [-0.1, -0.05) is 80.4 Å². The van der Waals surface area contributed by atoms with E-state index >= 15 is 0 Å². The van der Waals surface area contributed by atoms with Crippen molar-refractivity contribution in [2.75, 3.05) is 0 Å². The van der Waals surface area contributed by atoms with Crippen LogP contribution >= 0.6 is 0 Å². The van der Waals surface area contributed by atoms with E-state index in [4.69, 9.17) is 14.2 Å². The molecule has 0 amide bonds. The minimum atomic E-state index is -0.575. The molecule has 0 saturated heterocycles. The van der Waals surface area contributed by atoms with Gasteiger partial charge < -0.3 is 14.2 Å². The molecule has 0 aromatic heterocycles. The lowest BCUT2D eigenvalue weighted by atomic mass is 10.1. The van der Waals surface area contributed by atoms with E-state index in [-0.39, 0.29) is 0 Å². The van der Waals surface area contributed by atoms with Gasteiger partial charge in [-0.05, 0) is 60.9 Å². The summed E-state index contributed by atoms with van der Waals surface area (Å²) in [7, 11) is 0. The summed E-state index contributed by atoms with van der Waals surface area (Å²) in [6.45, 7) is 13.8. The molecule has 0 N–H and O–H groups in total.